The summed E-state index contributed by atoms with van der Waals surface area (Å²) in [6.07, 6.45) is 1.58. The van der Waals surface area contributed by atoms with Gasteiger partial charge in [-0.1, -0.05) is 0 Å². The molecule has 0 aliphatic carbocycles. The lowest BCUT2D eigenvalue weighted by Crippen LogP contribution is -1.95. The Morgan fingerprint density at radius 2 is 2.36 bits per heavy atom. The summed E-state index contributed by atoms with van der Waals surface area (Å²) in [6, 6.07) is 2.04. The molecule has 3 nitrogen and oxygen atoms in total. The van der Waals surface area contributed by atoms with Gasteiger partial charge in [0.25, 0.3) is 0 Å². The van der Waals surface area contributed by atoms with Gasteiger partial charge in [0.05, 0.1) is 10.0 Å². The van der Waals surface area contributed by atoms with Crippen molar-refractivity contribution in [2.24, 2.45) is 0 Å². The summed E-state index contributed by atoms with van der Waals surface area (Å²) >= 11 is 3.18. The van der Waals surface area contributed by atoms with Gasteiger partial charge in [-0.3, -0.25) is 0 Å². The average molecular weight is 212 g/mol. The van der Waals surface area contributed by atoms with Crippen molar-refractivity contribution in [1.82, 2.24) is 4.98 Å². The third-order valence-electron chi connectivity index (χ3n) is 1.35. The van der Waals surface area contributed by atoms with Gasteiger partial charge in [-0.25, -0.2) is 4.98 Å². The second-order valence-electron chi connectivity index (χ2n) is 2.13. The van der Waals surface area contributed by atoms with E-state index < -0.39 is 0 Å². The molecule has 4 heteroatoms. The molecule has 0 saturated heterocycles. The van der Waals surface area contributed by atoms with Crippen LogP contribution in [0.4, 0.5) is 5.82 Å². The van der Waals surface area contributed by atoms with E-state index in [9.17, 15) is 0 Å². The molecule has 0 aliphatic rings. The number of pyridine rings is 1. The molecule has 0 saturated carbocycles. The number of nitriles is 1. The van der Waals surface area contributed by atoms with E-state index in [1.165, 1.54) is 0 Å². The van der Waals surface area contributed by atoms with Crippen molar-refractivity contribution in [3.8, 4) is 6.07 Å². The summed E-state index contributed by atoms with van der Waals surface area (Å²) in [7, 11) is 0. The minimum absolute atomic E-state index is 0.354. The largest absolute Gasteiger partial charge is 0.383 e. The molecule has 0 aliphatic heterocycles. The molecule has 11 heavy (non-hydrogen) atoms. The lowest BCUT2D eigenvalue weighted by atomic mass is 10.2. The minimum Gasteiger partial charge on any atom is -0.383 e. The molecule has 0 spiro atoms. The van der Waals surface area contributed by atoms with Gasteiger partial charge >= 0.3 is 0 Å². The third kappa shape index (κ3) is 1.33. The van der Waals surface area contributed by atoms with Gasteiger partial charge in [-0.15, -0.1) is 0 Å². The van der Waals surface area contributed by atoms with Gasteiger partial charge in [0, 0.05) is 6.20 Å². The standard InChI is InChI=1S/C7H6BrN3/c1-4-3-11-7(10)6(8)5(4)2-9/h3H,1H3,(H2,10,11). The smallest absolute Gasteiger partial charge is 0.139 e. The Balaban J connectivity index is 3.44. The molecule has 1 aromatic heterocycles. The number of nitrogen functional groups attached to an aromatic ring is 1. The zero-order valence-corrected chi connectivity index (χ0v) is 7.51. The summed E-state index contributed by atoms with van der Waals surface area (Å²) in [6.45, 7) is 1.82. The Bertz CT molecular complexity index is 327. The number of aryl methyl sites for hydroxylation is 1. The normalized spacial score (nSPS) is 9.18. The molecule has 56 valence electrons. The van der Waals surface area contributed by atoms with Crippen molar-refractivity contribution in [3.05, 3.63) is 21.8 Å². The highest BCUT2D eigenvalue weighted by Crippen LogP contribution is 2.23. The maximum absolute atomic E-state index is 8.66. The van der Waals surface area contributed by atoms with Crippen molar-refractivity contribution < 1.29 is 0 Å². The Morgan fingerprint density at radius 1 is 1.73 bits per heavy atom. The molecule has 0 fully saturated rings. The maximum atomic E-state index is 8.66. The molecule has 2 N–H and O–H groups in total. The first kappa shape index (κ1) is 8.02. The molecule has 1 aromatic rings. The van der Waals surface area contributed by atoms with Crippen molar-refractivity contribution >= 4 is 21.7 Å². The summed E-state index contributed by atoms with van der Waals surface area (Å²) in [5.41, 5.74) is 6.84. The summed E-state index contributed by atoms with van der Waals surface area (Å²) < 4.78 is 0.583. The van der Waals surface area contributed by atoms with Crippen LogP contribution in [0.5, 0.6) is 0 Å². The van der Waals surface area contributed by atoms with E-state index in [2.05, 4.69) is 20.9 Å². The number of aromatic nitrogens is 1. The van der Waals surface area contributed by atoms with E-state index in [0.717, 1.165) is 5.56 Å². The first-order chi connectivity index (χ1) is 5.16. The van der Waals surface area contributed by atoms with E-state index in [1.54, 1.807) is 6.20 Å². The van der Waals surface area contributed by atoms with E-state index in [1.807, 2.05) is 13.0 Å². The maximum Gasteiger partial charge on any atom is 0.139 e. The lowest BCUT2D eigenvalue weighted by Gasteiger charge is -2.00. The number of hydrogen-bond donors (Lipinski definition) is 1. The van der Waals surface area contributed by atoms with Gasteiger partial charge in [0.15, 0.2) is 0 Å². The lowest BCUT2D eigenvalue weighted by molar-refractivity contribution is 1.24. The number of halogens is 1. The second-order valence-corrected chi connectivity index (χ2v) is 2.92. The van der Waals surface area contributed by atoms with Gasteiger partial charge < -0.3 is 5.73 Å². The fourth-order valence-electron chi connectivity index (χ4n) is 0.726. The van der Waals surface area contributed by atoms with Gasteiger partial charge in [-0.05, 0) is 28.4 Å². The number of nitrogens with zero attached hydrogens (tertiary/aromatic N) is 2. The van der Waals surface area contributed by atoms with Crippen LogP contribution in [0, 0.1) is 18.3 Å². The zero-order valence-electron chi connectivity index (χ0n) is 5.93. The molecular weight excluding hydrogens is 206 g/mol. The van der Waals surface area contributed by atoms with Crippen LogP contribution in [-0.4, -0.2) is 4.98 Å². The van der Waals surface area contributed by atoms with Gasteiger partial charge in [0.2, 0.25) is 0 Å². The molecule has 1 heterocycles. The molecule has 0 unspecified atom stereocenters. The molecule has 0 radical (unpaired) electrons. The highest BCUT2D eigenvalue weighted by atomic mass is 79.9. The van der Waals surface area contributed by atoms with Crippen LogP contribution in [0.3, 0.4) is 0 Å². The molecule has 0 atom stereocenters. The molecule has 1 rings (SSSR count). The third-order valence-corrected chi connectivity index (χ3v) is 2.15. The van der Waals surface area contributed by atoms with E-state index in [-0.39, 0.29) is 0 Å². The number of nitrogens with two attached hydrogens (primary N) is 1. The predicted octanol–water partition coefficient (Wildman–Crippen LogP) is 1.61. The summed E-state index contributed by atoms with van der Waals surface area (Å²) in [5.74, 6) is 0.354. The van der Waals surface area contributed by atoms with Gasteiger partial charge in [-0.2, -0.15) is 5.26 Å². The van der Waals surface area contributed by atoms with E-state index in [0.29, 0.717) is 15.9 Å². The van der Waals surface area contributed by atoms with Crippen LogP contribution in [0.15, 0.2) is 10.7 Å². The first-order valence-corrected chi connectivity index (χ1v) is 3.76. The first-order valence-electron chi connectivity index (χ1n) is 2.97. The minimum atomic E-state index is 0.354. The molecule has 0 amide bonds. The Labute approximate surface area is 73.0 Å². The topological polar surface area (TPSA) is 62.7 Å². The Hall–Kier alpha value is -1.08. The van der Waals surface area contributed by atoms with Crippen LogP contribution in [0.25, 0.3) is 0 Å². The fraction of sp³-hybridized carbons (Fsp3) is 0.143. The predicted molar refractivity (Wildman–Crippen MR) is 45.8 cm³/mol. The van der Waals surface area contributed by atoms with Crippen LogP contribution in [0.1, 0.15) is 11.1 Å². The molecule has 0 bridgehead atoms. The van der Waals surface area contributed by atoms with Crippen LogP contribution in [-0.2, 0) is 0 Å². The average Bonchev–Trinajstić information content (AvgIpc) is 1.99. The second kappa shape index (κ2) is 2.89. The van der Waals surface area contributed by atoms with Crippen molar-refractivity contribution in [3.63, 3.8) is 0 Å². The molecular formula is C7H6BrN3. The van der Waals surface area contributed by atoms with Gasteiger partial charge in [0.1, 0.15) is 11.9 Å². The monoisotopic (exact) mass is 211 g/mol. The number of anilines is 1. The highest BCUT2D eigenvalue weighted by Gasteiger charge is 2.06. The fourth-order valence-corrected chi connectivity index (χ4v) is 1.23. The summed E-state index contributed by atoms with van der Waals surface area (Å²) in [4.78, 5) is 3.87. The molecule has 0 aromatic carbocycles. The quantitative estimate of drug-likeness (QED) is 0.710. The highest BCUT2D eigenvalue weighted by molar-refractivity contribution is 9.10. The van der Waals surface area contributed by atoms with Crippen LogP contribution >= 0.6 is 15.9 Å². The number of rotatable bonds is 0. The summed E-state index contributed by atoms with van der Waals surface area (Å²) in [5, 5.41) is 8.66. The van der Waals surface area contributed by atoms with E-state index >= 15 is 0 Å². The zero-order chi connectivity index (χ0) is 8.43. The van der Waals surface area contributed by atoms with Crippen LogP contribution < -0.4 is 5.73 Å². The van der Waals surface area contributed by atoms with Crippen molar-refractivity contribution in [1.29, 1.82) is 5.26 Å². The van der Waals surface area contributed by atoms with Crippen LogP contribution in [0.2, 0.25) is 0 Å². The SMILES string of the molecule is Cc1cnc(N)c(Br)c1C#N. The number of hydrogen-bond acceptors (Lipinski definition) is 3. The Kier molecular flexibility index (Phi) is 2.11. The van der Waals surface area contributed by atoms with Crippen molar-refractivity contribution in [2.45, 2.75) is 6.92 Å². The Morgan fingerprint density at radius 3 is 2.82 bits per heavy atom. The van der Waals surface area contributed by atoms with Crippen molar-refractivity contribution in [2.75, 3.05) is 5.73 Å². The van der Waals surface area contributed by atoms with E-state index in [4.69, 9.17) is 11.0 Å².